The molecule has 0 atom stereocenters. The third-order valence-electron chi connectivity index (χ3n) is 3.89. The molecule has 0 fully saturated rings. The van der Waals surface area contributed by atoms with Gasteiger partial charge in [0.15, 0.2) is 11.3 Å². The zero-order valence-corrected chi connectivity index (χ0v) is 17.5. The Kier molecular flexibility index (Phi) is 7.83. The van der Waals surface area contributed by atoms with Gasteiger partial charge in [-0.1, -0.05) is 26.8 Å². The van der Waals surface area contributed by atoms with Gasteiger partial charge in [0.2, 0.25) is 0 Å². The maximum atomic E-state index is 12.1. The number of aromatic nitrogens is 5. The summed E-state index contributed by atoms with van der Waals surface area (Å²) < 4.78 is 8.00. The molecule has 2 rings (SSSR count). The average Bonchev–Trinajstić information content (AvgIpc) is 3.07. The molecule has 0 aromatic carbocycles. The Morgan fingerprint density at radius 2 is 1.96 bits per heavy atom. The van der Waals surface area contributed by atoms with E-state index in [9.17, 15) is 14.4 Å². The summed E-state index contributed by atoms with van der Waals surface area (Å²) in [6.07, 6.45) is 1.37. The minimum absolute atomic E-state index is 0.0414. The maximum absolute atomic E-state index is 12.1. The number of hydrogen-bond acceptors (Lipinski definition) is 9. The quantitative estimate of drug-likeness (QED) is 0.223. The fourth-order valence-corrected chi connectivity index (χ4v) is 4.26. The molecular weight excluding hydrogens is 408 g/mol. The summed E-state index contributed by atoms with van der Waals surface area (Å²) in [5.74, 6) is 0.0163. The number of imidazole rings is 1. The average molecular weight is 432 g/mol. The first kappa shape index (κ1) is 22.2. The van der Waals surface area contributed by atoms with Gasteiger partial charge in [0.25, 0.3) is 0 Å². The molecule has 0 aliphatic rings. The standard InChI is InChI=1S/C15H22N6O5S2/c1-19-15(25)20-10-16-12(13(20)17-18-19)14(24)26-7-9-28-27-8-6-21(2,3)5-4-11(22)23/h10H,4-9H2,1-3H3/p+1. The van der Waals surface area contributed by atoms with Crippen molar-refractivity contribution < 1.29 is 23.9 Å². The molecule has 0 saturated heterocycles. The lowest BCUT2D eigenvalue weighted by molar-refractivity contribution is -0.887. The Balaban J connectivity index is 1.69. The van der Waals surface area contributed by atoms with E-state index in [1.54, 1.807) is 21.6 Å². The summed E-state index contributed by atoms with van der Waals surface area (Å²) in [5.41, 5.74) is -0.426. The Morgan fingerprint density at radius 1 is 1.25 bits per heavy atom. The molecule has 11 nitrogen and oxygen atoms in total. The molecule has 28 heavy (non-hydrogen) atoms. The van der Waals surface area contributed by atoms with Crippen LogP contribution in [0.1, 0.15) is 16.9 Å². The highest BCUT2D eigenvalue weighted by atomic mass is 33.1. The molecule has 0 amide bonds. The molecule has 2 heterocycles. The molecule has 154 valence electrons. The van der Waals surface area contributed by atoms with Crippen LogP contribution in [0, 0.1) is 0 Å². The van der Waals surface area contributed by atoms with Crippen LogP contribution in [0.4, 0.5) is 0 Å². The molecule has 13 heteroatoms. The van der Waals surface area contributed by atoms with Crippen LogP contribution in [0.5, 0.6) is 0 Å². The van der Waals surface area contributed by atoms with Crippen molar-refractivity contribution in [2.24, 2.45) is 7.05 Å². The van der Waals surface area contributed by atoms with Crippen LogP contribution in [0.25, 0.3) is 5.65 Å². The van der Waals surface area contributed by atoms with Crippen molar-refractivity contribution in [3.8, 4) is 0 Å². The van der Waals surface area contributed by atoms with Crippen molar-refractivity contribution in [1.82, 2.24) is 24.4 Å². The van der Waals surface area contributed by atoms with Crippen LogP contribution >= 0.6 is 21.6 Å². The van der Waals surface area contributed by atoms with Crippen molar-refractivity contribution >= 4 is 39.2 Å². The fourth-order valence-electron chi connectivity index (χ4n) is 2.17. The van der Waals surface area contributed by atoms with E-state index in [2.05, 4.69) is 15.3 Å². The van der Waals surface area contributed by atoms with E-state index in [4.69, 9.17) is 9.84 Å². The number of carbonyl (C=O) groups is 2. The third kappa shape index (κ3) is 6.21. The number of fused-ring (bicyclic) bond motifs is 1. The van der Waals surface area contributed by atoms with Crippen LogP contribution in [0.3, 0.4) is 0 Å². The molecule has 1 N–H and O–H groups in total. The summed E-state index contributed by atoms with van der Waals surface area (Å²) in [7, 11) is 8.67. The number of aliphatic carboxylic acids is 1. The first-order valence-electron chi connectivity index (χ1n) is 8.43. The van der Waals surface area contributed by atoms with Crippen molar-refractivity contribution in [2.45, 2.75) is 6.42 Å². The van der Waals surface area contributed by atoms with Gasteiger partial charge in [-0.3, -0.25) is 4.79 Å². The van der Waals surface area contributed by atoms with Gasteiger partial charge in [-0.2, -0.15) is 4.68 Å². The number of esters is 1. The van der Waals surface area contributed by atoms with E-state index >= 15 is 0 Å². The first-order chi connectivity index (χ1) is 13.2. The second-order valence-corrected chi connectivity index (χ2v) is 9.29. The fraction of sp³-hybridized carbons (Fsp3) is 0.600. The van der Waals surface area contributed by atoms with Crippen molar-refractivity contribution in [3.63, 3.8) is 0 Å². The zero-order chi connectivity index (χ0) is 20.7. The SMILES string of the molecule is Cn1nnc2c(C(=O)OCCSSCC[N+](C)(C)CCC(=O)O)ncn2c1=O. The number of quaternary nitrogens is 1. The predicted octanol–water partition coefficient (Wildman–Crippen LogP) is -0.0877. The van der Waals surface area contributed by atoms with Crippen LogP contribution in [0.2, 0.25) is 0 Å². The van der Waals surface area contributed by atoms with Crippen molar-refractivity contribution in [3.05, 3.63) is 22.5 Å². The summed E-state index contributed by atoms with van der Waals surface area (Å²) in [6.45, 7) is 1.63. The highest BCUT2D eigenvalue weighted by molar-refractivity contribution is 8.76. The highest BCUT2D eigenvalue weighted by Crippen LogP contribution is 2.21. The molecular formula is C15H23N6O5S2+. The number of hydrogen-bond donors (Lipinski definition) is 1. The van der Waals surface area contributed by atoms with Crippen LogP contribution in [-0.4, -0.2) is 91.2 Å². The Bertz CT molecular complexity index is 897. The Hall–Kier alpha value is -2.12. The van der Waals surface area contributed by atoms with Crippen LogP contribution in [0.15, 0.2) is 11.1 Å². The zero-order valence-electron chi connectivity index (χ0n) is 15.9. The van der Waals surface area contributed by atoms with Crippen molar-refractivity contribution in [1.29, 1.82) is 0 Å². The maximum Gasteiger partial charge on any atom is 0.361 e. The van der Waals surface area contributed by atoms with Gasteiger partial charge in [-0.15, -0.1) is 5.10 Å². The van der Waals surface area contributed by atoms with Gasteiger partial charge >= 0.3 is 17.6 Å². The van der Waals surface area contributed by atoms with Crippen LogP contribution < -0.4 is 5.69 Å². The van der Waals surface area contributed by atoms with Crippen LogP contribution in [-0.2, 0) is 16.6 Å². The number of aryl methyl sites for hydroxylation is 1. The highest BCUT2D eigenvalue weighted by Gasteiger charge is 2.19. The third-order valence-corrected chi connectivity index (χ3v) is 6.24. The Morgan fingerprint density at radius 3 is 2.68 bits per heavy atom. The minimum Gasteiger partial charge on any atom is -0.481 e. The number of carboxylic acids is 1. The smallest absolute Gasteiger partial charge is 0.361 e. The summed E-state index contributed by atoms with van der Waals surface area (Å²) in [5, 5.41) is 16.2. The first-order valence-corrected chi connectivity index (χ1v) is 10.9. The Labute approximate surface area is 169 Å². The minimum atomic E-state index is -0.785. The van der Waals surface area contributed by atoms with Gasteiger partial charge in [0.1, 0.15) is 12.9 Å². The number of ether oxygens (including phenoxy) is 1. The second-order valence-electron chi connectivity index (χ2n) is 6.59. The summed E-state index contributed by atoms with van der Waals surface area (Å²) in [6, 6.07) is 0. The molecule has 2 aromatic rings. The topological polar surface area (TPSA) is 129 Å². The van der Waals surface area contributed by atoms with Gasteiger partial charge in [-0.25, -0.2) is 19.0 Å². The molecule has 0 radical (unpaired) electrons. The molecule has 0 spiro atoms. The van der Waals surface area contributed by atoms with Gasteiger partial charge in [-0.05, 0) is 0 Å². The van der Waals surface area contributed by atoms with Gasteiger partial charge in [0, 0.05) is 12.8 Å². The van der Waals surface area contributed by atoms with Gasteiger partial charge in [0.05, 0.1) is 39.4 Å². The van der Waals surface area contributed by atoms with E-state index in [0.29, 0.717) is 16.8 Å². The molecule has 2 aromatic heterocycles. The normalized spacial score (nSPS) is 11.7. The molecule has 0 aliphatic carbocycles. The van der Waals surface area contributed by atoms with E-state index in [1.165, 1.54) is 13.4 Å². The second kappa shape index (κ2) is 9.89. The van der Waals surface area contributed by atoms with E-state index in [1.807, 2.05) is 14.1 Å². The lowest BCUT2D eigenvalue weighted by atomic mass is 10.3. The lowest BCUT2D eigenvalue weighted by Gasteiger charge is -2.28. The van der Waals surface area contributed by atoms with Gasteiger partial charge < -0.3 is 14.3 Å². The predicted molar refractivity (Wildman–Crippen MR) is 105 cm³/mol. The number of nitrogens with zero attached hydrogens (tertiary/aromatic N) is 6. The largest absolute Gasteiger partial charge is 0.481 e. The van der Waals surface area contributed by atoms with Crippen molar-refractivity contribution in [2.75, 3.05) is 45.3 Å². The summed E-state index contributed by atoms with van der Waals surface area (Å²) >= 11 is 0. The van der Waals surface area contributed by atoms with E-state index in [-0.39, 0.29) is 24.4 Å². The number of rotatable bonds is 11. The summed E-state index contributed by atoms with van der Waals surface area (Å²) in [4.78, 5) is 38.5. The molecule has 0 aliphatic heterocycles. The number of carboxylic acid groups (broad SMARTS) is 1. The molecule has 0 saturated carbocycles. The lowest BCUT2D eigenvalue weighted by Crippen LogP contribution is -2.42. The molecule has 0 unspecified atom stereocenters. The van der Waals surface area contributed by atoms with E-state index in [0.717, 1.165) is 21.4 Å². The van der Waals surface area contributed by atoms with E-state index < -0.39 is 17.6 Å². The molecule has 0 bridgehead atoms. The monoisotopic (exact) mass is 431 g/mol. The number of carbonyl (C=O) groups excluding carboxylic acids is 1.